The molecule has 2 aromatic carbocycles. The van der Waals surface area contributed by atoms with Gasteiger partial charge in [-0.15, -0.1) is 12.4 Å². The molecule has 0 radical (unpaired) electrons. The van der Waals surface area contributed by atoms with Crippen molar-refractivity contribution in [3.05, 3.63) is 77.9 Å². The van der Waals surface area contributed by atoms with Gasteiger partial charge in [0.2, 0.25) is 0 Å². The van der Waals surface area contributed by atoms with Crippen LogP contribution in [0.25, 0.3) is 22.1 Å². The zero-order chi connectivity index (χ0) is 24.6. The second kappa shape index (κ2) is 10.3. The summed E-state index contributed by atoms with van der Waals surface area (Å²) in [5.41, 5.74) is 8.55. The first-order valence-corrected chi connectivity index (χ1v) is 12.4. The van der Waals surface area contributed by atoms with Crippen LogP contribution in [0.15, 0.2) is 61.2 Å². The van der Waals surface area contributed by atoms with Crippen LogP contribution in [-0.4, -0.2) is 50.2 Å². The molecule has 3 aromatic heterocycles. The Morgan fingerprint density at radius 1 is 1.03 bits per heavy atom. The first kappa shape index (κ1) is 24.9. The number of aryl methyl sites for hydroxylation is 2. The molecule has 1 aliphatic heterocycles. The van der Waals surface area contributed by atoms with Gasteiger partial charge in [-0.3, -0.25) is 0 Å². The van der Waals surface area contributed by atoms with Gasteiger partial charge in [0.05, 0.1) is 22.9 Å². The summed E-state index contributed by atoms with van der Waals surface area (Å²) in [5, 5.41) is 6.97. The molecule has 0 unspecified atom stereocenters. The molecule has 9 heteroatoms. The molecule has 1 saturated heterocycles. The number of rotatable bonds is 5. The summed E-state index contributed by atoms with van der Waals surface area (Å²) in [7, 11) is 2.02. The third kappa shape index (κ3) is 5.08. The third-order valence-electron chi connectivity index (χ3n) is 6.95. The fourth-order valence-corrected chi connectivity index (χ4v) is 4.96. The van der Waals surface area contributed by atoms with Crippen molar-refractivity contribution in [2.45, 2.75) is 26.3 Å². The van der Waals surface area contributed by atoms with E-state index in [2.05, 4.69) is 86.8 Å². The number of nitrogens with zero attached hydrogens (tertiary/aromatic N) is 6. The average Bonchev–Trinajstić information content (AvgIpc) is 3.25. The minimum atomic E-state index is 0. The maximum absolute atomic E-state index is 4.95. The molecule has 0 amide bonds. The molecule has 0 saturated carbocycles. The van der Waals surface area contributed by atoms with Crippen molar-refractivity contribution in [1.82, 2.24) is 29.8 Å². The number of benzene rings is 2. The lowest BCUT2D eigenvalue weighted by atomic mass is 9.99. The number of pyridine rings is 1. The molecular formula is C28H31ClN8. The van der Waals surface area contributed by atoms with Gasteiger partial charge in [0.25, 0.3) is 0 Å². The van der Waals surface area contributed by atoms with Crippen LogP contribution in [-0.2, 0) is 13.5 Å². The Hall–Kier alpha value is -3.75. The monoisotopic (exact) mass is 514 g/mol. The zero-order valence-electron chi connectivity index (χ0n) is 21.3. The van der Waals surface area contributed by atoms with Crippen molar-refractivity contribution in [3.8, 4) is 0 Å². The lowest BCUT2D eigenvalue weighted by molar-refractivity contribution is 0.482. The van der Waals surface area contributed by atoms with Gasteiger partial charge < -0.3 is 20.1 Å². The summed E-state index contributed by atoms with van der Waals surface area (Å²) >= 11 is 0. The van der Waals surface area contributed by atoms with E-state index in [-0.39, 0.29) is 12.4 Å². The standard InChI is InChI=1S/C28H30N8.ClH/c1-18-12-22(6-5-21(18)13-20-4-8-25-24(14-20)32-17-35(25)3)33-28-27-23(30-16-31-28)7-9-26(34-27)36-11-10-29-19(2)15-36;/h4-9,12,14,16-17,19,29H,10-11,13,15H2,1-3H3,(H,30,31,33);1H/t19-;/m1./s1. The van der Waals surface area contributed by atoms with E-state index in [1.54, 1.807) is 6.33 Å². The number of hydrogen-bond acceptors (Lipinski definition) is 7. The zero-order valence-corrected chi connectivity index (χ0v) is 22.1. The Morgan fingerprint density at radius 3 is 2.76 bits per heavy atom. The van der Waals surface area contributed by atoms with Gasteiger partial charge in [-0.25, -0.2) is 19.9 Å². The molecule has 8 nitrogen and oxygen atoms in total. The predicted molar refractivity (Wildman–Crippen MR) is 152 cm³/mol. The third-order valence-corrected chi connectivity index (χ3v) is 6.95. The largest absolute Gasteiger partial charge is 0.354 e. The van der Waals surface area contributed by atoms with E-state index in [0.717, 1.165) is 65.4 Å². The summed E-state index contributed by atoms with van der Waals surface area (Å²) in [5.74, 6) is 1.68. The van der Waals surface area contributed by atoms with E-state index in [4.69, 9.17) is 4.98 Å². The van der Waals surface area contributed by atoms with Crippen LogP contribution >= 0.6 is 12.4 Å². The molecule has 1 fully saturated rings. The number of anilines is 3. The van der Waals surface area contributed by atoms with Crippen LogP contribution in [0.2, 0.25) is 0 Å². The normalized spacial score (nSPS) is 15.6. The van der Waals surface area contributed by atoms with E-state index in [0.29, 0.717) is 6.04 Å². The summed E-state index contributed by atoms with van der Waals surface area (Å²) in [6.45, 7) is 7.18. The van der Waals surface area contributed by atoms with E-state index < -0.39 is 0 Å². The van der Waals surface area contributed by atoms with Crippen LogP contribution in [0.4, 0.5) is 17.3 Å². The van der Waals surface area contributed by atoms with Crippen molar-refractivity contribution in [3.63, 3.8) is 0 Å². The molecule has 1 atom stereocenters. The molecule has 5 aromatic rings. The number of hydrogen-bond donors (Lipinski definition) is 2. The van der Waals surface area contributed by atoms with E-state index in [1.807, 2.05) is 24.0 Å². The van der Waals surface area contributed by atoms with Gasteiger partial charge in [-0.1, -0.05) is 12.1 Å². The Morgan fingerprint density at radius 2 is 1.92 bits per heavy atom. The second-order valence-corrected chi connectivity index (χ2v) is 9.68. The average molecular weight is 515 g/mol. The van der Waals surface area contributed by atoms with Gasteiger partial charge >= 0.3 is 0 Å². The number of nitrogens with one attached hydrogen (secondary N) is 2. The summed E-state index contributed by atoms with van der Waals surface area (Å²) in [6.07, 6.45) is 4.32. The molecule has 6 rings (SSSR count). The predicted octanol–water partition coefficient (Wildman–Crippen LogP) is 4.77. The molecule has 4 heterocycles. The Bertz CT molecular complexity index is 1560. The van der Waals surface area contributed by atoms with Crippen LogP contribution in [0.3, 0.4) is 0 Å². The van der Waals surface area contributed by atoms with Crippen LogP contribution < -0.4 is 15.5 Å². The summed E-state index contributed by atoms with van der Waals surface area (Å²) < 4.78 is 2.05. The first-order chi connectivity index (χ1) is 17.5. The van der Waals surface area contributed by atoms with Crippen molar-refractivity contribution < 1.29 is 0 Å². The summed E-state index contributed by atoms with van der Waals surface area (Å²) in [4.78, 5) is 20.7. The highest BCUT2D eigenvalue weighted by Gasteiger charge is 2.18. The van der Waals surface area contributed by atoms with Gasteiger partial charge in [-0.2, -0.15) is 0 Å². The van der Waals surface area contributed by atoms with Gasteiger partial charge in [0.15, 0.2) is 5.82 Å². The maximum Gasteiger partial charge on any atom is 0.160 e. The van der Waals surface area contributed by atoms with Crippen LogP contribution in [0.5, 0.6) is 0 Å². The summed E-state index contributed by atoms with van der Waals surface area (Å²) in [6, 6.07) is 17.5. The second-order valence-electron chi connectivity index (χ2n) is 9.68. The van der Waals surface area contributed by atoms with Crippen molar-refractivity contribution in [1.29, 1.82) is 0 Å². The minimum Gasteiger partial charge on any atom is -0.354 e. The van der Waals surface area contributed by atoms with Crippen LogP contribution in [0, 0.1) is 6.92 Å². The molecule has 0 aliphatic carbocycles. The smallest absolute Gasteiger partial charge is 0.160 e. The quantitative estimate of drug-likeness (QED) is 0.349. The van der Waals surface area contributed by atoms with Crippen molar-refractivity contribution >= 4 is 51.8 Å². The fourth-order valence-electron chi connectivity index (χ4n) is 4.96. The Kier molecular flexibility index (Phi) is 6.95. The highest BCUT2D eigenvalue weighted by atomic mass is 35.5. The number of piperazine rings is 1. The number of aromatic nitrogens is 5. The highest BCUT2D eigenvalue weighted by Crippen LogP contribution is 2.27. The van der Waals surface area contributed by atoms with Crippen molar-refractivity contribution in [2.24, 2.45) is 7.05 Å². The molecule has 37 heavy (non-hydrogen) atoms. The lowest BCUT2D eigenvalue weighted by Gasteiger charge is -2.32. The van der Waals surface area contributed by atoms with Gasteiger partial charge in [0, 0.05) is 38.4 Å². The SMILES string of the molecule is Cc1cc(Nc2ncnc3ccc(N4CCN[C@H](C)C4)nc23)ccc1Cc1ccc2c(c1)ncn2C.Cl. The molecule has 190 valence electrons. The van der Waals surface area contributed by atoms with Gasteiger partial charge in [-0.05, 0) is 73.4 Å². The Balaban J connectivity index is 0.00000280. The van der Waals surface area contributed by atoms with Crippen LogP contribution in [0.1, 0.15) is 23.6 Å². The molecule has 2 N–H and O–H groups in total. The van der Waals surface area contributed by atoms with E-state index in [1.165, 1.54) is 16.7 Å². The topological polar surface area (TPSA) is 83.8 Å². The molecule has 0 spiro atoms. The van der Waals surface area contributed by atoms with Crippen molar-refractivity contribution in [2.75, 3.05) is 29.9 Å². The fraction of sp³-hybridized carbons (Fsp3) is 0.286. The minimum absolute atomic E-state index is 0. The molecule has 0 bridgehead atoms. The highest BCUT2D eigenvalue weighted by molar-refractivity contribution is 5.88. The molecular weight excluding hydrogens is 484 g/mol. The number of halogens is 1. The van der Waals surface area contributed by atoms with E-state index >= 15 is 0 Å². The number of imidazole rings is 1. The number of fused-ring (bicyclic) bond motifs is 2. The maximum atomic E-state index is 4.95. The Labute approximate surface area is 222 Å². The molecule has 1 aliphatic rings. The van der Waals surface area contributed by atoms with E-state index in [9.17, 15) is 0 Å². The lowest BCUT2D eigenvalue weighted by Crippen LogP contribution is -2.49. The first-order valence-electron chi connectivity index (χ1n) is 12.4. The van der Waals surface area contributed by atoms with Gasteiger partial charge in [0.1, 0.15) is 17.7 Å².